The third-order valence-corrected chi connectivity index (χ3v) is 7.61. The number of hydrogen-bond acceptors (Lipinski definition) is 5. The molecule has 0 aromatic heterocycles. The summed E-state index contributed by atoms with van der Waals surface area (Å²) in [6.45, 7) is 2.46. The lowest BCUT2D eigenvalue weighted by Gasteiger charge is -2.34. The lowest BCUT2D eigenvalue weighted by atomic mass is 10.1. The minimum Gasteiger partial charge on any atom is -0.507 e. The van der Waals surface area contributed by atoms with Crippen molar-refractivity contribution in [2.45, 2.75) is 11.8 Å². The summed E-state index contributed by atoms with van der Waals surface area (Å²) < 4.78 is 27.2. The van der Waals surface area contributed by atoms with E-state index in [1.807, 2.05) is 18.2 Å². The summed E-state index contributed by atoms with van der Waals surface area (Å²) in [6, 6.07) is 19.6. The summed E-state index contributed by atoms with van der Waals surface area (Å²) in [4.78, 5) is 26.5. The number of sulfonamides is 1. The number of carbonyl (C=O) groups excluding carboxylic acids is 2. The van der Waals surface area contributed by atoms with Gasteiger partial charge in [0, 0.05) is 43.1 Å². The van der Waals surface area contributed by atoms with E-state index in [9.17, 15) is 23.1 Å². The van der Waals surface area contributed by atoms with Crippen LogP contribution in [0.3, 0.4) is 0 Å². The van der Waals surface area contributed by atoms with Crippen LogP contribution in [-0.4, -0.2) is 60.8 Å². The largest absolute Gasteiger partial charge is 0.507 e. The van der Waals surface area contributed by atoms with Crippen molar-refractivity contribution in [2.75, 3.05) is 36.8 Å². The number of phenols is 1. The van der Waals surface area contributed by atoms with Crippen molar-refractivity contribution in [1.29, 1.82) is 0 Å². The molecule has 1 aliphatic rings. The highest BCUT2D eigenvalue weighted by Crippen LogP contribution is 2.27. The Morgan fingerprint density at radius 2 is 1.43 bits per heavy atom. The molecule has 0 bridgehead atoms. The number of aromatic hydroxyl groups is 1. The number of benzene rings is 3. The standard InChI is InChI=1S/C25H26N4O5S/c1-18-7-12-22(30)23(17-18)35(33,34)29-15-13-28(14-16-29)24(31)19-8-10-21(11-9-19)27-25(32)26-20-5-3-2-4-6-20/h2-12,17,30H,13-16H2,1H3,(H2,26,27,32). The Bertz CT molecular complexity index is 1320. The molecule has 35 heavy (non-hydrogen) atoms. The summed E-state index contributed by atoms with van der Waals surface area (Å²) in [5.41, 5.74) is 2.36. The number of aryl methyl sites for hydroxylation is 1. The second kappa shape index (κ2) is 10.2. The minimum absolute atomic E-state index is 0.126. The van der Waals surface area contributed by atoms with Gasteiger partial charge in [-0.05, 0) is 61.0 Å². The maximum atomic E-state index is 13.0. The van der Waals surface area contributed by atoms with Crippen LogP contribution in [-0.2, 0) is 10.0 Å². The van der Waals surface area contributed by atoms with Gasteiger partial charge < -0.3 is 20.6 Å². The first-order chi connectivity index (χ1) is 16.7. The van der Waals surface area contributed by atoms with Crippen LogP contribution < -0.4 is 10.6 Å². The van der Waals surface area contributed by atoms with Gasteiger partial charge in [0.1, 0.15) is 10.6 Å². The van der Waals surface area contributed by atoms with Crippen molar-refractivity contribution in [3.8, 4) is 5.75 Å². The van der Waals surface area contributed by atoms with E-state index in [0.717, 1.165) is 5.56 Å². The fourth-order valence-electron chi connectivity index (χ4n) is 3.79. The van der Waals surface area contributed by atoms with Gasteiger partial charge in [0.25, 0.3) is 5.91 Å². The normalized spacial score (nSPS) is 14.4. The van der Waals surface area contributed by atoms with E-state index in [1.165, 1.54) is 16.4 Å². The second-order valence-electron chi connectivity index (χ2n) is 8.19. The molecule has 1 saturated heterocycles. The zero-order chi connectivity index (χ0) is 25.0. The van der Waals surface area contributed by atoms with Crippen molar-refractivity contribution >= 4 is 33.3 Å². The van der Waals surface area contributed by atoms with E-state index in [4.69, 9.17) is 0 Å². The number of carbonyl (C=O) groups is 2. The predicted molar refractivity (Wildman–Crippen MR) is 133 cm³/mol. The maximum absolute atomic E-state index is 13.0. The van der Waals surface area contributed by atoms with Crippen LogP contribution in [0.15, 0.2) is 77.7 Å². The number of para-hydroxylation sites is 1. The molecule has 3 amide bonds. The Kier molecular flexibility index (Phi) is 7.04. The Balaban J connectivity index is 1.34. The van der Waals surface area contributed by atoms with Gasteiger partial charge in [-0.2, -0.15) is 4.31 Å². The lowest BCUT2D eigenvalue weighted by molar-refractivity contribution is 0.0697. The van der Waals surface area contributed by atoms with Crippen molar-refractivity contribution in [3.63, 3.8) is 0 Å². The number of amides is 3. The van der Waals surface area contributed by atoms with E-state index in [0.29, 0.717) is 16.9 Å². The molecular formula is C25H26N4O5S. The van der Waals surface area contributed by atoms with Crippen molar-refractivity contribution in [3.05, 3.63) is 83.9 Å². The Morgan fingerprint density at radius 3 is 2.06 bits per heavy atom. The molecule has 3 aromatic rings. The molecule has 1 aliphatic heterocycles. The smallest absolute Gasteiger partial charge is 0.323 e. The topological polar surface area (TPSA) is 119 Å². The molecule has 1 fully saturated rings. The van der Waals surface area contributed by atoms with Crippen molar-refractivity contribution < 1.29 is 23.1 Å². The summed E-state index contributed by atoms with van der Waals surface area (Å²) in [6.07, 6.45) is 0. The molecule has 0 atom stereocenters. The number of phenolic OH excluding ortho intramolecular Hbond substituents is 1. The summed E-state index contributed by atoms with van der Waals surface area (Å²) in [5, 5.41) is 15.5. The molecule has 0 saturated carbocycles. The first-order valence-corrected chi connectivity index (χ1v) is 12.5. The van der Waals surface area contributed by atoms with Gasteiger partial charge in [-0.3, -0.25) is 4.79 Å². The zero-order valence-electron chi connectivity index (χ0n) is 19.1. The van der Waals surface area contributed by atoms with Crippen LogP contribution in [0.5, 0.6) is 5.75 Å². The average molecular weight is 495 g/mol. The number of piperazine rings is 1. The lowest BCUT2D eigenvalue weighted by Crippen LogP contribution is -2.50. The molecular weight excluding hydrogens is 468 g/mol. The van der Waals surface area contributed by atoms with Gasteiger partial charge in [0.2, 0.25) is 10.0 Å². The summed E-state index contributed by atoms with van der Waals surface area (Å²) in [7, 11) is -3.87. The van der Waals surface area contributed by atoms with Crippen LogP contribution in [0.25, 0.3) is 0 Å². The second-order valence-corrected chi connectivity index (χ2v) is 10.1. The first-order valence-electron chi connectivity index (χ1n) is 11.1. The third kappa shape index (κ3) is 5.61. The first kappa shape index (κ1) is 24.2. The van der Waals surface area contributed by atoms with E-state index in [1.54, 1.807) is 54.3 Å². The minimum atomic E-state index is -3.87. The molecule has 10 heteroatoms. The van der Waals surface area contributed by atoms with Crippen LogP contribution in [0.1, 0.15) is 15.9 Å². The highest BCUT2D eigenvalue weighted by atomic mass is 32.2. The molecule has 182 valence electrons. The van der Waals surface area contributed by atoms with Crippen molar-refractivity contribution in [1.82, 2.24) is 9.21 Å². The van der Waals surface area contributed by atoms with Gasteiger partial charge in [-0.15, -0.1) is 0 Å². The SMILES string of the molecule is Cc1ccc(O)c(S(=O)(=O)N2CCN(C(=O)c3ccc(NC(=O)Nc4ccccc4)cc3)CC2)c1. The van der Waals surface area contributed by atoms with Crippen LogP contribution >= 0.6 is 0 Å². The number of nitrogens with zero attached hydrogens (tertiary/aromatic N) is 2. The van der Waals surface area contributed by atoms with E-state index in [2.05, 4.69) is 10.6 Å². The molecule has 0 spiro atoms. The molecule has 0 aliphatic carbocycles. The summed E-state index contributed by atoms with van der Waals surface area (Å²) >= 11 is 0. The Hall–Kier alpha value is -3.89. The van der Waals surface area contributed by atoms with Crippen LogP contribution in [0.4, 0.5) is 16.2 Å². The molecule has 3 aromatic carbocycles. The highest BCUT2D eigenvalue weighted by molar-refractivity contribution is 7.89. The number of urea groups is 1. The molecule has 0 radical (unpaired) electrons. The molecule has 1 heterocycles. The van der Waals surface area contributed by atoms with Gasteiger partial charge in [0.05, 0.1) is 0 Å². The van der Waals surface area contributed by atoms with Gasteiger partial charge >= 0.3 is 6.03 Å². The monoisotopic (exact) mass is 494 g/mol. The highest BCUT2D eigenvalue weighted by Gasteiger charge is 2.32. The molecule has 9 nitrogen and oxygen atoms in total. The average Bonchev–Trinajstić information content (AvgIpc) is 2.86. The summed E-state index contributed by atoms with van der Waals surface area (Å²) in [5.74, 6) is -0.513. The zero-order valence-corrected chi connectivity index (χ0v) is 20.0. The molecule has 3 N–H and O–H groups in total. The predicted octanol–water partition coefficient (Wildman–Crippen LogP) is 3.49. The Morgan fingerprint density at radius 1 is 0.829 bits per heavy atom. The molecule has 4 rings (SSSR count). The van der Waals surface area contributed by atoms with E-state index >= 15 is 0 Å². The van der Waals surface area contributed by atoms with Crippen LogP contribution in [0, 0.1) is 6.92 Å². The van der Waals surface area contributed by atoms with E-state index < -0.39 is 16.1 Å². The quantitative estimate of drug-likeness (QED) is 0.502. The van der Waals surface area contributed by atoms with Gasteiger partial charge in [-0.1, -0.05) is 24.3 Å². The number of anilines is 2. The fraction of sp³-hybridized carbons (Fsp3) is 0.200. The maximum Gasteiger partial charge on any atom is 0.323 e. The van der Waals surface area contributed by atoms with E-state index in [-0.39, 0.29) is 42.7 Å². The fourth-order valence-corrected chi connectivity index (χ4v) is 5.38. The molecule has 0 unspecified atom stereocenters. The van der Waals surface area contributed by atoms with Crippen molar-refractivity contribution in [2.24, 2.45) is 0 Å². The number of hydrogen-bond donors (Lipinski definition) is 3. The van der Waals surface area contributed by atoms with Gasteiger partial charge in [0.15, 0.2) is 0 Å². The Labute approximate surface area is 204 Å². The number of nitrogens with one attached hydrogen (secondary N) is 2. The number of rotatable bonds is 5. The van der Waals surface area contributed by atoms with Gasteiger partial charge in [-0.25, -0.2) is 13.2 Å². The van der Waals surface area contributed by atoms with Crippen LogP contribution in [0.2, 0.25) is 0 Å². The third-order valence-electron chi connectivity index (χ3n) is 5.68.